The molecule has 8 heavy (non-hydrogen) atoms. The maximum absolute atomic E-state index is 7.51. The quantitative estimate of drug-likeness (QED) is 0.421. The van der Waals surface area contributed by atoms with Crippen LogP contribution in [0.1, 0.15) is 0 Å². The van der Waals surface area contributed by atoms with Crippen LogP contribution < -0.4 is 0 Å². The first-order valence-electron chi connectivity index (χ1n) is 1.58. The lowest BCUT2D eigenvalue weighted by molar-refractivity contribution is 1.54. The highest BCUT2D eigenvalue weighted by molar-refractivity contribution is 7.54. The van der Waals surface area contributed by atoms with Crippen molar-refractivity contribution in [2.75, 3.05) is 0 Å². The van der Waals surface area contributed by atoms with Gasteiger partial charge in [-0.2, -0.15) is 5.26 Å². The molecule has 0 aromatic rings. The molecule has 0 aromatic carbocycles. The van der Waals surface area contributed by atoms with Crippen LogP contribution in [0.3, 0.4) is 0 Å². The van der Waals surface area contributed by atoms with Gasteiger partial charge < -0.3 is 0 Å². The van der Waals surface area contributed by atoms with E-state index in [1.807, 2.05) is 0 Å². The Kier molecular flexibility index (Phi) is 15.1. The molecular weight excluding hydrogens is 183 g/mol. The molecule has 0 bridgehead atoms. The smallest absolute Gasteiger partial charge is 0.214 e. The molecule has 0 aliphatic rings. The second kappa shape index (κ2) is 10.6. The molecule has 0 saturated carbocycles. The van der Waals surface area contributed by atoms with Gasteiger partial charge in [0.15, 0.2) is 0 Å². The van der Waals surface area contributed by atoms with E-state index in [1.54, 1.807) is 6.07 Å². The Morgan fingerprint density at radius 3 is 1.62 bits per heavy atom. The number of hydrogen-bond acceptors (Lipinski definition) is 1. The highest BCUT2D eigenvalue weighted by Crippen LogP contribution is 1.97. The number of nitrogens with zero attached hydrogens (tertiary/aromatic N) is 1. The van der Waals surface area contributed by atoms with Crippen LogP contribution in [0.15, 0.2) is 12.7 Å². The molecule has 0 aliphatic heterocycles. The lowest BCUT2D eigenvalue weighted by Gasteiger charge is -1.57. The fraction of sp³-hybridized carbons (Fsp3) is 0. The van der Waals surface area contributed by atoms with Crippen LogP contribution in [-0.4, -0.2) is 11.4 Å². The maximum atomic E-state index is 7.51. The van der Waals surface area contributed by atoms with Crippen LogP contribution in [0, 0.1) is 11.3 Å². The van der Waals surface area contributed by atoms with Crippen LogP contribution in [0.4, 0.5) is 0 Å². The van der Waals surface area contributed by atoms with Gasteiger partial charge in [-0.05, 0) is 0 Å². The van der Waals surface area contributed by atoms with Gasteiger partial charge in [0, 0.05) is 6.08 Å². The SMILES string of the molecule is C=CC#N.[Cl][Al]([Cl])[Cl]. The molecule has 0 fully saturated rings. The number of hydrogen-bond donors (Lipinski definition) is 0. The van der Waals surface area contributed by atoms with Crippen LogP contribution in [0.25, 0.3) is 0 Å². The molecule has 44 valence electrons. The maximum Gasteiger partial charge on any atom is 0.643 e. The molecule has 0 saturated heterocycles. The topological polar surface area (TPSA) is 23.8 Å². The van der Waals surface area contributed by atoms with E-state index in [0.29, 0.717) is 0 Å². The van der Waals surface area contributed by atoms with Gasteiger partial charge in [-0.1, -0.05) is 6.58 Å². The Hall–Kier alpha value is 0.632. The first-order chi connectivity index (χ1) is 3.65. The van der Waals surface area contributed by atoms with E-state index in [1.165, 1.54) is 6.08 Å². The molecule has 0 rings (SSSR count). The van der Waals surface area contributed by atoms with Crippen molar-refractivity contribution in [3.05, 3.63) is 12.7 Å². The molecule has 0 aromatic heterocycles. The summed E-state index contributed by atoms with van der Waals surface area (Å²) in [6.07, 6.45) is 1.18. The van der Waals surface area contributed by atoms with Crippen LogP contribution in [0.2, 0.25) is 0 Å². The van der Waals surface area contributed by atoms with Crippen molar-refractivity contribution in [1.82, 2.24) is 0 Å². The minimum atomic E-state index is -1.72. The zero-order valence-electron chi connectivity index (χ0n) is 3.94. The highest BCUT2D eigenvalue weighted by Gasteiger charge is 2.00. The van der Waals surface area contributed by atoms with Gasteiger partial charge in [0.1, 0.15) is 0 Å². The second-order valence-electron chi connectivity index (χ2n) is 0.581. The molecule has 1 nitrogen and oxygen atoms in total. The third-order valence-corrected chi connectivity index (χ3v) is 0.0913. The van der Waals surface area contributed by atoms with Gasteiger partial charge in [0.25, 0.3) is 0 Å². The van der Waals surface area contributed by atoms with E-state index in [2.05, 4.69) is 6.58 Å². The molecule has 0 atom stereocenters. The predicted octanol–water partition coefficient (Wildman–Crippen LogP) is 2.38. The summed E-state index contributed by atoms with van der Waals surface area (Å²) in [5.74, 6) is 0. The Morgan fingerprint density at radius 1 is 1.50 bits per heavy atom. The van der Waals surface area contributed by atoms with E-state index in [-0.39, 0.29) is 0 Å². The van der Waals surface area contributed by atoms with Gasteiger partial charge in [0.05, 0.1) is 6.07 Å². The van der Waals surface area contributed by atoms with Gasteiger partial charge in [-0.25, -0.2) is 30.1 Å². The van der Waals surface area contributed by atoms with Gasteiger partial charge >= 0.3 is 11.4 Å². The fourth-order valence-electron chi connectivity index (χ4n) is 0. The Balaban J connectivity index is 0. The Morgan fingerprint density at radius 2 is 1.62 bits per heavy atom. The third kappa shape index (κ3) is 79.0. The predicted molar refractivity (Wildman–Crippen MR) is 39.1 cm³/mol. The number of nitriles is 1. The van der Waals surface area contributed by atoms with Crippen molar-refractivity contribution >= 4 is 41.5 Å². The van der Waals surface area contributed by atoms with Crippen molar-refractivity contribution in [2.24, 2.45) is 0 Å². The molecule has 0 amide bonds. The van der Waals surface area contributed by atoms with Crippen molar-refractivity contribution in [3.8, 4) is 6.07 Å². The first-order valence-corrected chi connectivity index (χ1v) is 6.81. The summed E-state index contributed by atoms with van der Waals surface area (Å²) >= 11 is -1.72. The molecule has 0 N–H and O–H groups in total. The molecule has 5 heteroatoms. The average molecular weight is 186 g/mol. The summed E-state index contributed by atoms with van der Waals surface area (Å²) in [5, 5.41) is 7.51. The lowest BCUT2D eigenvalue weighted by Crippen LogP contribution is -1.66. The molecule has 0 unspecified atom stereocenters. The molecular formula is C3H3AlCl3N. The van der Waals surface area contributed by atoms with E-state index in [4.69, 9.17) is 35.4 Å². The molecule has 0 spiro atoms. The number of allylic oxidation sites excluding steroid dienone is 1. The lowest BCUT2D eigenvalue weighted by atomic mass is 10.8. The minimum absolute atomic E-state index is 1.18. The number of halogens is 3. The summed E-state index contributed by atoms with van der Waals surface area (Å²) in [4.78, 5) is 0. The molecule has 0 radical (unpaired) electrons. The second-order valence-corrected chi connectivity index (χ2v) is 7.01. The van der Waals surface area contributed by atoms with Gasteiger partial charge in [-0.3, -0.25) is 0 Å². The zero-order valence-corrected chi connectivity index (χ0v) is 7.37. The summed E-state index contributed by atoms with van der Waals surface area (Å²) in [6, 6.07) is 1.69. The normalized spacial score (nSPS) is 5.25. The molecule has 0 aliphatic carbocycles. The van der Waals surface area contributed by atoms with Crippen molar-refractivity contribution in [3.63, 3.8) is 0 Å². The summed E-state index contributed by atoms with van der Waals surface area (Å²) in [5.41, 5.74) is 0. The Bertz CT molecular complexity index is 84.3. The monoisotopic (exact) mass is 185 g/mol. The fourth-order valence-corrected chi connectivity index (χ4v) is 0. The van der Waals surface area contributed by atoms with Crippen molar-refractivity contribution in [1.29, 1.82) is 5.26 Å². The van der Waals surface area contributed by atoms with Gasteiger partial charge in [0.2, 0.25) is 0 Å². The van der Waals surface area contributed by atoms with Crippen LogP contribution in [-0.2, 0) is 0 Å². The van der Waals surface area contributed by atoms with Crippen molar-refractivity contribution < 1.29 is 0 Å². The zero-order chi connectivity index (χ0) is 6.99. The summed E-state index contributed by atoms with van der Waals surface area (Å²) < 4.78 is 0. The van der Waals surface area contributed by atoms with E-state index in [0.717, 1.165) is 0 Å². The van der Waals surface area contributed by atoms with Crippen molar-refractivity contribution in [2.45, 2.75) is 0 Å². The Labute approximate surface area is 65.5 Å². The molecule has 0 heterocycles. The third-order valence-electron chi connectivity index (χ3n) is 0.0913. The standard InChI is InChI=1S/C3H3N.Al.3ClH/c1-2-3-4;;;;/h2H,1H2;;3*1H/q;+3;;;/p-3. The summed E-state index contributed by atoms with van der Waals surface area (Å²) in [6.45, 7) is 3.12. The summed E-state index contributed by atoms with van der Waals surface area (Å²) in [7, 11) is 14.8. The highest BCUT2D eigenvalue weighted by atomic mass is 35.8. The first kappa shape index (κ1) is 11.4. The van der Waals surface area contributed by atoms with E-state index in [9.17, 15) is 0 Å². The largest absolute Gasteiger partial charge is 0.643 e. The van der Waals surface area contributed by atoms with E-state index >= 15 is 0 Å². The van der Waals surface area contributed by atoms with Crippen LogP contribution in [0.5, 0.6) is 0 Å². The number of rotatable bonds is 0. The van der Waals surface area contributed by atoms with Gasteiger partial charge in [-0.15, -0.1) is 0 Å². The minimum Gasteiger partial charge on any atom is -0.214 e. The average Bonchev–Trinajstić information content (AvgIpc) is 1.65. The van der Waals surface area contributed by atoms with Crippen LogP contribution >= 0.6 is 30.1 Å². The van der Waals surface area contributed by atoms with E-state index < -0.39 is 11.4 Å².